The molecule has 1 fully saturated rings. The zero-order chi connectivity index (χ0) is 20.4. The third-order valence-corrected chi connectivity index (χ3v) is 7.39. The summed E-state index contributed by atoms with van der Waals surface area (Å²) in [4.78, 5) is 17.2. The van der Waals surface area contributed by atoms with E-state index < -0.39 is 0 Å². The monoisotopic (exact) mass is 426 g/mol. The lowest BCUT2D eigenvalue weighted by atomic mass is 10.2. The molecule has 1 unspecified atom stereocenters. The number of para-hydroxylation sites is 1. The van der Waals surface area contributed by atoms with E-state index in [0.29, 0.717) is 17.9 Å². The standard InChI is InChI=1S/C21H22N4O2S2/c1-13-14(2)25(11-15-6-5-9-27-15)20(16(13)10-22)24-19(26)12-28-21-23-17-7-3-4-8-18(17)29-21/h3-4,7-8,15H,5-6,9,11-12H2,1-2H3,(H,24,26). The largest absolute Gasteiger partial charge is 0.376 e. The van der Waals surface area contributed by atoms with Crippen LogP contribution in [-0.4, -0.2) is 33.9 Å². The molecule has 150 valence electrons. The van der Waals surface area contributed by atoms with Gasteiger partial charge in [-0.1, -0.05) is 23.9 Å². The van der Waals surface area contributed by atoms with Crippen molar-refractivity contribution in [1.29, 1.82) is 5.26 Å². The van der Waals surface area contributed by atoms with Gasteiger partial charge in [-0.3, -0.25) is 4.79 Å². The fraction of sp³-hybridized carbons (Fsp3) is 0.381. The SMILES string of the molecule is Cc1c(C#N)c(NC(=O)CSc2nc3ccccc3s2)n(CC2CCCO2)c1C. The van der Waals surface area contributed by atoms with Crippen molar-refractivity contribution in [3.8, 4) is 6.07 Å². The maximum absolute atomic E-state index is 12.7. The van der Waals surface area contributed by atoms with Crippen LogP contribution in [0.3, 0.4) is 0 Å². The van der Waals surface area contributed by atoms with Gasteiger partial charge in [0.2, 0.25) is 5.91 Å². The van der Waals surface area contributed by atoms with Gasteiger partial charge < -0.3 is 14.6 Å². The quantitative estimate of drug-likeness (QED) is 0.587. The summed E-state index contributed by atoms with van der Waals surface area (Å²) in [7, 11) is 0. The third kappa shape index (κ3) is 4.17. The normalized spacial score (nSPS) is 16.2. The lowest BCUT2D eigenvalue weighted by Crippen LogP contribution is -2.22. The van der Waals surface area contributed by atoms with Gasteiger partial charge in [-0.2, -0.15) is 5.26 Å². The molecule has 0 saturated carbocycles. The highest BCUT2D eigenvalue weighted by molar-refractivity contribution is 8.01. The van der Waals surface area contributed by atoms with E-state index in [9.17, 15) is 10.1 Å². The minimum atomic E-state index is -0.142. The van der Waals surface area contributed by atoms with E-state index in [0.717, 1.165) is 45.3 Å². The van der Waals surface area contributed by atoms with Crippen LogP contribution >= 0.6 is 23.1 Å². The van der Waals surface area contributed by atoms with Crippen molar-refractivity contribution < 1.29 is 9.53 Å². The highest BCUT2D eigenvalue weighted by Crippen LogP contribution is 2.31. The predicted molar refractivity (Wildman–Crippen MR) is 117 cm³/mol. The average Bonchev–Trinajstić information content (AvgIpc) is 3.42. The van der Waals surface area contributed by atoms with Crippen LogP contribution in [0.15, 0.2) is 28.6 Å². The topological polar surface area (TPSA) is 79.9 Å². The number of nitrogens with one attached hydrogen (secondary N) is 1. The number of nitriles is 1. The van der Waals surface area contributed by atoms with E-state index in [1.165, 1.54) is 11.8 Å². The summed E-state index contributed by atoms with van der Waals surface area (Å²) in [6.07, 6.45) is 2.18. The zero-order valence-electron chi connectivity index (χ0n) is 16.4. The number of aromatic nitrogens is 2. The van der Waals surface area contributed by atoms with Gasteiger partial charge in [-0.05, 0) is 44.4 Å². The fourth-order valence-corrected chi connectivity index (χ4v) is 5.43. The molecule has 0 bridgehead atoms. The van der Waals surface area contributed by atoms with Crippen molar-refractivity contribution in [3.05, 3.63) is 41.1 Å². The lowest BCUT2D eigenvalue weighted by molar-refractivity contribution is -0.113. The van der Waals surface area contributed by atoms with Crippen molar-refractivity contribution in [3.63, 3.8) is 0 Å². The Balaban J connectivity index is 1.49. The first kappa shape index (κ1) is 20.0. The van der Waals surface area contributed by atoms with E-state index in [4.69, 9.17) is 4.74 Å². The molecule has 0 aliphatic carbocycles. The van der Waals surface area contributed by atoms with Crippen molar-refractivity contribution in [2.75, 3.05) is 17.7 Å². The van der Waals surface area contributed by atoms with Crippen LogP contribution in [0, 0.1) is 25.2 Å². The summed E-state index contributed by atoms with van der Waals surface area (Å²) in [6.45, 7) is 5.33. The number of nitrogens with zero attached hydrogens (tertiary/aromatic N) is 3. The van der Waals surface area contributed by atoms with Crippen molar-refractivity contribution in [2.45, 2.75) is 43.7 Å². The van der Waals surface area contributed by atoms with Crippen LogP contribution in [0.1, 0.15) is 29.7 Å². The van der Waals surface area contributed by atoms with Gasteiger partial charge in [0, 0.05) is 12.3 Å². The molecular weight excluding hydrogens is 404 g/mol. The number of thioether (sulfide) groups is 1. The molecule has 1 aliphatic heterocycles. The number of carbonyl (C=O) groups is 1. The van der Waals surface area contributed by atoms with Gasteiger partial charge in [0.25, 0.3) is 0 Å². The number of hydrogen-bond donors (Lipinski definition) is 1. The summed E-state index contributed by atoms with van der Waals surface area (Å²) < 4.78 is 9.75. The molecule has 4 rings (SSSR count). The molecule has 1 aliphatic rings. The van der Waals surface area contributed by atoms with Crippen LogP contribution in [0.25, 0.3) is 10.2 Å². The van der Waals surface area contributed by atoms with Crippen LogP contribution < -0.4 is 5.32 Å². The minimum absolute atomic E-state index is 0.125. The van der Waals surface area contributed by atoms with Gasteiger partial charge in [-0.25, -0.2) is 4.98 Å². The van der Waals surface area contributed by atoms with Gasteiger partial charge in [0.15, 0.2) is 4.34 Å². The molecule has 0 radical (unpaired) electrons. The second-order valence-electron chi connectivity index (χ2n) is 7.08. The molecule has 29 heavy (non-hydrogen) atoms. The molecule has 3 aromatic rings. The van der Waals surface area contributed by atoms with Gasteiger partial charge in [0.1, 0.15) is 11.9 Å². The van der Waals surface area contributed by atoms with Crippen molar-refractivity contribution in [1.82, 2.24) is 9.55 Å². The van der Waals surface area contributed by atoms with E-state index in [1.807, 2.05) is 42.7 Å². The molecule has 3 heterocycles. The molecule has 0 spiro atoms. The molecule has 6 nitrogen and oxygen atoms in total. The summed E-state index contributed by atoms with van der Waals surface area (Å²) in [5.41, 5.74) is 3.37. The number of thiazole rings is 1. The molecule has 1 N–H and O–H groups in total. The first-order chi connectivity index (χ1) is 14.1. The van der Waals surface area contributed by atoms with Crippen molar-refractivity contribution in [2.24, 2.45) is 0 Å². The smallest absolute Gasteiger partial charge is 0.235 e. The second-order valence-corrected chi connectivity index (χ2v) is 9.33. The number of amides is 1. The van der Waals surface area contributed by atoms with E-state index >= 15 is 0 Å². The fourth-order valence-electron chi connectivity index (χ4n) is 3.56. The maximum Gasteiger partial charge on any atom is 0.235 e. The molecule has 8 heteroatoms. The zero-order valence-corrected chi connectivity index (χ0v) is 18.0. The van der Waals surface area contributed by atoms with E-state index in [-0.39, 0.29) is 17.8 Å². The maximum atomic E-state index is 12.7. The second kappa shape index (κ2) is 8.57. The Labute approximate surface area is 177 Å². The predicted octanol–water partition coefficient (Wildman–Crippen LogP) is 4.50. The number of rotatable bonds is 6. The van der Waals surface area contributed by atoms with Crippen LogP contribution in [0.2, 0.25) is 0 Å². The van der Waals surface area contributed by atoms with Crippen LogP contribution in [0.4, 0.5) is 5.82 Å². The Morgan fingerprint density at radius 3 is 3.00 bits per heavy atom. The Hall–Kier alpha value is -2.34. The Morgan fingerprint density at radius 2 is 2.28 bits per heavy atom. The number of anilines is 1. The van der Waals surface area contributed by atoms with Gasteiger partial charge in [0.05, 0.1) is 34.2 Å². The number of carbonyl (C=O) groups excluding carboxylic acids is 1. The van der Waals surface area contributed by atoms with Crippen LogP contribution in [-0.2, 0) is 16.1 Å². The Morgan fingerprint density at radius 1 is 1.45 bits per heavy atom. The molecule has 1 atom stereocenters. The first-order valence-electron chi connectivity index (χ1n) is 9.56. The highest BCUT2D eigenvalue weighted by Gasteiger charge is 2.24. The summed E-state index contributed by atoms with van der Waals surface area (Å²) >= 11 is 3.00. The molecule has 2 aromatic heterocycles. The number of hydrogen-bond acceptors (Lipinski definition) is 6. The lowest BCUT2D eigenvalue weighted by Gasteiger charge is -2.16. The Kier molecular flexibility index (Phi) is 5.90. The third-order valence-electron chi connectivity index (χ3n) is 5.21. The van der Waals surface area contributed by atoms with Crippen molar-refractivity contribution >= 4 is 45.0 Å². The average molecular weight is 427 g/mol. The Bertz CT molecular complexity index is 1060. The molecule has 1 saturated heterocycles. The summed E-state index contributed by atoms with van der Waals surface area (Å²) in [6, 6.07) is 10.2. The summed E-state index contributed by atoms with van der Waals surface area (Å²) in [5.74, 6) is 0.679. The van der Waals surface area contributed by atoms with E-state index in [1.54, 1.807) is 11.3 Å². The minimum Gasteiger partial charge on any atom is -0.376 e. The first-order valence-corrected chi connectivity index (χ1v) is 11.4. The number of ether oxygens (including phenoxy) is 1. The molecule has 1 aromatic carbocycles. The molecular formula is C21H22N4O2S2. The summed E-state index contributed by atoms with van der Waals surface area (Å²) in [5, 5.41) is 12.6. The van der Waals surface area contributed by atoms with E-state index in [2.05, 4.69) is 16.4 Å². The molecule has 1 amide bonds. The number of benzene rings is 1. The van der Waals surface area contributed by atoms with Crippen LogP contribution in [0.5, 0.6) is 0 Å². The van der Waals surface area contributed by atoms with Gasteiger partial charge in [-0.15, -0.1) is 11.3 Å². The highest BCUT2D eigenvalue weighted by atomic mass is 32.2. The van der Waals surface area contributed by atoms with Gasteiger partial charge >= 0.3 is 0 Å². The number of fused-ring (bicyclic) bond motifs is 1.